The lowest BCUT2D eigenvalue weighted by molar-refractivity contribution is 0.104. The first-order valence-electron chi connectivity index (χ1n) is 8.65. The van der Waals surface area contributed by atoms with Crippen molar-refractivity contribution in [1.29, 1.82) is 0 Å². The summed E-state index contributed by atoms with van der Waals surface area (Å²) in [5.41, 5.74) is 0.723. The Hall–Kier alpha value is -3.14. The predicted molar refractivity (Wildman–Crippen MR) is 103 cm³/mol. The van der Waals surface area contributed by atoms with Crippen LogP contribution in [-0.2, 0) is 0 Å². The minimum atomic E-state index is -0.627. The van der Waals surface area contributed by atoms with Crippen LogP contribution in [0.2, 0.25) is 0 Å². The van der Waals surface area contributed by atoms with Gasteiger partial charge in [-0.3, -0.25) is 4.79 Å². The molecule has 0 saturated heterocycles. The highest BCUT2D eigenvalue weighted by molar-refractivity contribution is 6.07. The monoisotopic (exact) mass is 348 g/mol. The lowest BCUT2D eigenvalue weighted by Gasteiger charge is -2.05. The van der Waals surface area contributed by atoms with Crippen LogP contribution in [0.3, 0.4) is 0 Å². The molecule has 1 heterocycles. The first kappa shape index (κ1) is 17.7. The number of carbonyl (C=O) groups is 1. The summed E-state index contributed by atoms with van der Waals surface area (Å²) in [7, 11) is 0. The van der Waals surface area contributed by atoms with Crippen molar-refractivity contribution in [3.05, 3.63) is 82.2 Å². The van der Waals surface area contributed by atoms with Crippen LogP contribution in [0.4, 0.5) is 0 Å². The maximum Gasteiger partial charge on any atom is 0.347 e. The zero-order valence-corrected chi connectivity index (χ0v) is 14.6. The van der Waals surface area contributed by atoms with Crippen molar-refractivity contribution in [3.8, 4) is 5.75 Å². The molecular formula is C22H20O4. The Bertz CT molecular complexity index is 981. The highest BCUT2D eigenvalue weighted by Crippen LogP contribution is 2.15. The Morgan fingerprint density at radius 3 is 2.65 bits per heavy atom. The van der Waals surface area contributed by atoms with Gasteiger partial charge in [0, 0.05) is 5.39 Å². The van der Waals surface area contributed by atoms with Gasteiger partial charge in [0.15, 0.2) is 5.78 Å². The lowest BCUT2D eigenvalue weighted by atomic mass is 10.1. The fourth-order valence-electron chi connectivity index (χ4n) is 2.50. The van der Waals surface area contributed by atoms with Crippen LogP contribution in [0.25, 0.3) is 17.0 Å². The highest BCUT2D eigenvalue weighted by atomic mass is 16.5. The van der Waals surface area contributed by atoms with Gasteiger partial charge in [-0.25, -0.2) is 4.79 Å². The van der Waals surface area contributed by atoms with E-state index in [2.05, 4.69) is 6.92 Å². The summed E-state index contributed by atoms with van der Waals surface area (Å²) < 4.78 is 10.8. The van der Waals surface area contributed by atoms with Gasteiger partial charge in [-0.2, -0.15) is 0 Å². The van der Waals surface area contributed by atoms with Crippen molar-refractivity contribution in [3.63, 3.8) is 0 Å². The molecule has 4 nitrogen and oxygen atoms in total. The summed E-state index contributed by atoms with van der Waals surface area (Å²) >= 11 is 0. The average molecular weight is 348 g/mol. The van der Waals surface area contributed by atoms with Gasteiger partial charge >= 0.3 is 5.63 Å². The molecule has 1 aromatic heterocycles. The summed E-state index contributed by atoms with van der Waals surface area (Å²) in [5, 5.41) is 0.720. The molecular weight excluding hydrogens is 328 g/mol. The third-order valence-electron chi connectivity index (χ3n) is 3.98. The average Bonchev–Trinajstić information content (AvgIpc) is 2.67. The van der Waals surface area contributed by atoms with E-state index in [1.165, 1.54) is 6.08 Å². The Balaban J connectivity index is 1.73. The van der Waals surface area contributed by atoms with Crippen LogP contribution in [0.15, 0.2) is 69.9 Å². The number of fused-ring (bicyclic) bond motifs is 1. The molecule has 0 N–H and O–H groups in total. The van der Waals surface area contributed by atoms with Crippen LogP contribution >= 0.6 is 0 Å². The summed E-state index contributed by atoms with van der Waals surface area (Å²) in [6, 6.07) is 16.1. The highest BCUT2D eigenvalue weighted by Gasteiger charge is 2.10. The summed E-state index contributed by atoms with van der Waals surface area (Å²) in [6.07, 6.45) is 5.16. The number of ether oxygens (including phenoxy) is 1. The number of carbonyl (C=O) groups excluding carboxylic acids is 1. The SMILES string of the molecule is CCCCOc1ccc(/C=C/C(=O)c2cc3ccccc3oc2=O)cc1. The number of para-hydroxylation sites is 1. The number of rotatable bonds is 7. The van der Waals surface area contributed by atoms with Crippen molar-refractivity contribution in [2.45, 2.75) is 19.8 Å². The van der Waals surface area contributed by atoms with Gasteiger partial charge in [0.25, 0.3) is 0 Å². The molecule has 0 radical (unpaired) electrons. The lowest BCUT2D eigenvalue weighted by Crippen LogP contribution is -2.11. The Morgan fingerprint density at radius 1 is 1.12 bits per heavy atom. The third-order valence-corrected chi connectivity index (χ3v) is 3.98. The summed E-state index contributed by atoms with van der Waals surface area (Å²) in [4.78, 5) is 24.4. The van der Waals surface area contributed by atoms with Crippen LogP contribution in [0.5, 0.6) is 5.75 Å². The molecule has 0 aliphatic carbocycles. The second kappa shape index (κ2) is 8.30. The fourth-order valence-corrected chi connectivity index (χ4v) is 2.50. The molecule has 0 amide bonds. The van der Waals surface area contributed by atoms with Crippen LogP contribution in [0, 0.1) is 0 Å². The largest absolute Gasteiger partial charge is 0.494 e. The Labute approximate surface area is 151 Å². The minimum Gasteiger partial charge on any atom is -0.494 e. The number of hydrogen-bond donors (Lipinski definition) is 0. The van der Waals surface area contributed by atoms with Crippen molar-refractivity contribution >= 4 is 22.8 Å². The molecule has 3 aromatic rings. The first-order chi connectivity index (χ1) is 12.7. The maximum atomic E-state index is 12.4. The van der Waals surface area contributed by atoms with Gasteiger partial charge in [-0.1, -0.05) is 49.8 Å². The number of benzene rings is 2. The molecule has 0 saturated carbocycles. The van der Waals surface area contributed by atoms with Crippen molar-refractivity contribution < 1.29 is 13.9 Å². The number of allylic oxidation sites excluding steroid dienone is 1. The topological polar surface area (TPSA) is 56.5 Å². The molecule has 26 heavy (non-hydrogen) atoms. The minimum absolute atomic E-state index is 0.0273. The molecule has 4 heteroatoms. The van der Waals surface area contributed by atoms with E-state index in [9.17, 15) is 9.59 Å². The van der Waals surface area contributed by atoms with E-state index in [1.807, 2.05) is 30.3 Å². The molecule has 0 fully saturated rings. The molecule has 0 bridgehead atoms. The van der Waals surface area contributed by atoms with Gasteiger partial charge in [-0.15, -0.1) is 0 Å². The summed E-state index contributed by atoms with van der Waals surface area (Å²) in [6.45, 7) is 2.81. The molecule has 0 aliphatic heterocycles. The van der Waals surface area contributed by atoms with Crippen LogP contribution in [0.1, 0.15) is 35.7 Å². The number of hydrogen-bond acceptors (Lipinski definition) is 4. The zero-order chi connectivity index (χ0) is 18.4. The van der Waals surface area contributed by atoms with Gasteiger partial charge in [0.1, 0.15) is 16.9 Å². The van der Waals surface area contributed by atoms with Crippen LogP contribution < -0.4 is 10.4 Å². The quantitative estimate of drug-likeness (QED) is 0.265. The van der Waals surface area contributed by atoms with Crippen molar-refractivity contribution in [2.24, 2.45) is 0 Å². The third kappa shape index (κ3) is 4.28. The van der Waals surface area contributed by atoms with E-state index in [1.54, 1.807) is 30.3 Å². The number of ketones is 1. The maximum absolute atomic E-state index is 12.4. The van der Waals surface area contributed by atoms with Crippen molar-refractivity contribution in [1.82, 2.24) is 0 Å². The molecule has 0 aliphatic rings. The summed E-state index contributed by atoms with van der Waals surface area (Å²) in [5.74, 6) is 0.421. The molecule has 3 rings (SSSR count). The number of unbranched alkanes of at least 4 members (excludes halogenated alkanes) is 1. The second-order valence-electron chi connectivity index (χ2n) is 5.95. The molecule has 132 valence electrons. The normalized spacial score (nSPS) is 11.1. The van der Waals surface area contributed by atoms with Gasteiger partial charge in [-0.05, 0) is 42.3 Å². The molecule has 0 spiro atoms. The van der Waals surface area contributed by atoms with E-state index < -0.39 is 5.63 Å². The molecule has 2 aromatic carbocycles. The van der Waals surface area contributed by atoms with Crippen molar-refractivity contribution in [2.75, 3.05) is 6.61 Å². The first-order valence-corrected chi connectivity index (χ1v) is 8.65. The van der Waals surface area contributed by atoms with E-state index in [-0.39, 0.29) is 11.3 Å². The fraction of sp³-hybridized carbons (Fsp3) is 0.182. The standard InChI is InChI=1S/C22H20O4/c1-2-3-14-25-18-11-8-16(9-12-18)10-13-20(23)19-15-17-6-4-5-7-21(17)26-22(19)24/h4-13,15H,2-3,14H2,1H3/b13-10+. The second-order valence-corrected chi connectivity index (χ2v) is 5.95. The molecule has 0 atom stereocenters. The van der Waals surface area contributed by atoms with E-state index in [0.29, 0.717) is 12.2 Å². The molecule has 0 unspecified atom stereocenters. The van der Waals surface area contributed by atoms with Gasteiger partial charge in [0.2, 0.25) is 0 Å². The predicted octanol–water partition coefficient (Wildman–Crippen LogP) is 4.87. The van der Waals surface area contributed by atoms with Crippen LogP contribution in [-0.4, -0.2) is 12.4 Å². The van der Waals surface area contributed by atoms with Gasteiger partial charge in [0.05, 0.1) is 6.61 Å². The Kier molecular flexibility index (Phi) is 5.64. The van der Waals surface area contributed by atoms with E-state index >= 15 is 0 Å². The smallest absolute Gasteiger partial charge is 0.347 e. The Morgan fingerprint density at radius 2 is 1.88 bits per heavy atom. The zero-order valence-electron chi connectivity index (χ0n) is 14.6. The van der Waals surface area contributed by atoms with E-state index in [4.69, 9.17) is 9.15 Å². The van der Waals surface area contributed by atoms with Gasteiger partial charge < -0.3 is 9.15 Å². The van der Waals surface area contributed by atoms with E-state index in [0.717, 1.165) is 29.5 Å².